The fourth-order valence-electron chi connectivity index (χ4n) is 1.32. The molecule has 0 spiro atoms. The molecule has 1 N–H and O–H groups in total. The van der Waals surface area contributed by atoms with Crippen molar-refractivity contribution in [2.75, 3.05) is 12.3 Å². The van der Waals surface area contributed by atoms with E-state index in [1.54, 1.807) is 0 Å². The van der Waals surface area contributed by atoms with E-state index in [0.717, 1.165) is 30.5 Å². The third kappa shape index (κ3) is 3.19. The van der Waals surface area contributed by atoms with Crippen LogP contribution in [0.15, 0.2) is 4.99 Å². The first-order valence-corrected chi connectivity index (χ1v) is 6.53. The molecule has 0 saturated carbocycles. The molecule has 0 aliphatic carbocycles. The number of amidine groups is 1. The molecule has 0 saturated heterocycles. The molecule has 0 bridgehead atoms. The lowest BCUT2D eigenvalue weighted by molar-refractivity contribution is 0.390. The van der Waals surface area contributed by atoms with E-state index in [1.165, 1.54) is 5.75 Å². The van der Waals surface area contributed by atoms with Crippen molar-refractivity contribution in [1.29, 1.82) is 0 Å². The number of aliphatic imine (C=N–C) groups is 1. The SMILES string of the molecule is CCC(C)(CC)NC1=NCC(C)CS1. The summed E-state index contributed by atoms with van der Waals surface area (Å²) in [5, 5.41) is 4.71. The number of rotatable bonds is 3. The van der Waals surface area contributed by atoms with Gasteiger partial charge >= 0.3 is 0 Å². The van der Waals surface area contributed by atoms with Crippen LogP contribution in [-0.2, 0) is 0 Å². The maximum absolute atomic E-state index is 4.56. The number of hydrogen-bond acceptors (Lipinski definition) is 3. The smallest absolute Gasteiger partial charge is 0.156 e. The standard InChI is InChI=1S/C11H22N2S/c1-5-11(4,6-2)13-10-12-7-9(3)8-14-10/h9H,5-8H2,1-4H3,(H,12,13). The molecule has 0 radical (unpaired) electrons. The number of nitrogens with one attached hydrogen (secondary N) is 1. The molecule has 0 fully saturated rings. The Bertz CT molecular complexity index is 209. The van der Waals surface area contributed by atoms with Crippen LogP contribution in [0.2, 0.25) is 0 Å². The van der Waals surface area contributed by atoms with Gasteiger partial charge < -0.3 is 5.32 Å². The van der Waals surface area contributed by atoms with Gasteiger partial charge in [-0.25, -0.2) is 0 Å². The normalized spacial score (nSPS) is 23.1. The van der Waals surface area contributed by atoms with Gasteiger partial charge in [-0.3, -0.25) is 4.99 Å². The van der Waals surface area contributed by atoms with Crippen LogP contribution < -0.4 is 5.32 Å². The molecule has 0 aromatic heterocycles. The molecule has 2 nitrogen and oxygen atoms in total. The third-order valence-corrected chi connectivity index (χ3v) is 4.26. The summed E-state index contributed by atoms with van der Waals surface area (Å²) in [5.41, 5.74) is 0.229. The predicted molar refractivity (Wildman–Crippen MR) is 66.0 cm³/mol. The summed E-state index contributed by atoms with van der Waals surface area (Å²) >= 11 is 1.87. The molecular weight excluding hydrogens is 192 g/mol. The molecule has 0 amide bonds. The Morgan fingerprint density at radius 2 is 2.14 bits per heavy atom. The number of nitrogens with zero attached hydrogens (tertiary/aromatic N) is 1. The Hall–Kier alpha value is -0.180. The maximum atomic E-state index is 4.56. The van der Waals surface area contributed by atoms with Crippen molar-refractivity contribution in [2.24, 2.45) is 10.9 Å². The summed E-state index contributed by atoms with van der Waals surface area (Å²) in [6, 6.07) is 0. The molecule has 3 heteroatoms. The van der Waals surface area contributed by atoms with Gasteiger partial charge in [0.15, 0.2) is 5.17 Å². The van der Waals surface area contributed by atoms with E-state index in [9.17, 15) is 0 Å². The minimum atomic E-state index is 0.229. The molecule has 1 aliphatic heterocycles. The molecular formula is C11H22N2S. The lowest BCUT2D eigenvalue weighted by Crippen LogP contribution is -2.45. The topological polar surface area (TPSA) is 24.4 Å². The summed E-state index contributed by atoms with van der Waals surface area (Å²) < 4.78 is 0. The highest BCUT2D eigenvalue weighted by molar-refractivity contribution is 8.13. The molecule has 0 aromatic carbocycles. The van der Waals surface area contributed by atoms with Crippen molar-refractivity contribution in [3.63, 3.8) is 0 Å². The molecule has 1 atom stereocenters. The van der Waals surface area contributed by atoms with Gasteiger partial charge in [-0.2, -0.15) is 0 Å². The second-order valence-electron chi connectivity index (χ2n) is 4.45. The van der Waals surface area contributed by atoms with Crippen LogP contribution in [0.1, 0.15) is 40.5 Å². The Morgan fingerprint density at radius 3 is 2.57 bits per heavy atom. The molecule has 1 heterocycles. The van der Waals surface area contributed by atoms with E-state index < -0.39 is 0 Å². The van der Waals surface area contributed by atoms with E-state index in [2.05, 4.69) is 38.0 Å². The number of thioether (sulfide) groups is 1. The first kappa shape index (κ1) is 11.9. The van der Waals surface area contributed by atoms with Crippen molar-refractivity contribution in [3.8, 4) is 0 Å². The van der Waals surface area contributed by atoms with Crippen LogP contribution in [-0.4, -0.2) is 23.0 Å². The van der Waals surface area contributed by atoms with Crippen LogP contribution in [0, 0.1) is 5.92 Å². The van der Waals surface area contributed by atoms with Crippen molar-refractivity contribution in [1.82, 2.24) is 5.32 Å². The van der Waals surface area contributed by atoms with Crippen molar-refractivity contribution in [2.45, 2.75) is 46.1 Å². The summed E-state index contributed by atoms with van der Waals surface area (Å²) in [5.74, 6) is 1.94. The van der Waals surface area contributed by atoms with Crippen LogP contribution in [0.25, 0.3) is 0 Å². The van der Waals surface area contributed by atoms with Gasteiger partial charge in [0.1, 0.15) is 0 Å². The van der Waals surface area contributed by atoms with Gasteiger partial charge in [0, 0.05) is 17.8 Å². The summed E-state index contributed by atoms with van der Waals surface area (Å²) in [7, 11) is 0. The summed E-state index contributed by atoms with van der Waals surface area (Å²) in [6.45, 7) is 9.97. The van der Waals surface area contributed by atoms with Crippen LogP contribution in [0.5, 0.6) is 0 Å². The third-order valence-electron chi connectivity index (χ3n) is 3.02. The van der Waals surface area contributed by atoms with Crippen LogP contribution in [0.4, 0.5) is 0 Å². The molecule has 1 aliphatic rings. The molecule has 1 unspecified atom stereocenters. The second-order valence-corrected chi connectivity index (χ2v) is 5.46. The largest absolute Gasteiger partial charge is 0.360 e. The summed E-state index contributed by atoms with van der Waals surface area (Å²) in [4.78, 5) is 4.56. The zero-order chi connectivity index (χ0) is 10.6. The minimum absolute atomic E-state index is 0.229. The van der Waals surface area contributed by atoms with E-state index in [-0.39, 0.29) is 5.54 Å². The second kappa shape index (κ2) is 5.06. The average molecular weight is 214 g/mol. The van der Waals surface area contributed by atoms with Gasteiger partial charge in [0.2, 0.25) is 0 Å². The first-order valence-electron chi connectivity index (χ1n) is 5.55. The van der Waals surface area contributed by atoms with E-state index in [0.29, 0.717) is 0 Å². The van der Waals surface area contributed by atoms with Crippen LogP contribution >= 0.6 is 11.8 Å². The summed E-state index contributed by atoms with van der Waals surface area (Å²) in [6.07, 6.45) is 2.30. The Morgan fingerprint density at radius 1 is 1.50 bits per heavy atom. The molecule has 82 valence electrons. The van der Waals surface area contributed by atoms with Crippen molar-refractivity contribution < 1.29 is 0 Å². The van der Waals surface area contributed by atoms with Gasteiger partial charge in [-0.05, 0) is 25.7 Å². The van der Waals surface area contributed by atoms with Gasteiger partial charge in [-0.15, -0.1) is 0 Å². The fourth-order valence-corrected chi connectivity index (χ4v) is 2.35. The van der Waals surface area contributed by atoms with Crippen LogP contribution in [0.3, 0.4) is 0 Å². The van der Waals surface area contributed by atoms with E-state index in [4.69, 9.17) is 0 Å². The highest BCUT2D eigenvalue weighted by Crippen LogP contribution is 2.20. The first-order chi connectivity index (χ1) is 6.59. The minimum Gasteiger partial charge on any atom is -0.360 e. The maximum Gasteiger partial charge on any atom is 0.156 e. The Labute approximate surface area is 92.0 Å². The lowest BCUT2D eigenvalue weighted by atomic mass is 9.96. The molecule has 0 aromatic rings. The highest BCUT2D eigenvalue weighted by atomic mass is 32.2. The molecule has 14 heavy (non-hydrogen) atoms. The van der Waals surface area contributed by atoms with E-state index >= 15 is 0 Å². The number of hydrogen-bond donors (Lipinski definition) is 1. The lowest BCUT2D eigenvalue weighted by Gasteiger charge is -2.31. The average Bonchev–Trinajstić information content (AvgIpc) is 2.21. The highest BCUT2D eigenvalue weighted by Gasteiger charge is 2.22. The van der Waals surface area contributed by atoms with Gasteiger partial charge in [-0.1, -0.05) is 32.5 Å². The predicted octanol–water partition coefficient (Wildman–Crippen LogP) is 2.89. The van der Waals surface area contributed by atoms with Gasteiger partial charge in [0.25, 0.3) is 0 Å². The zero-order valence-electron chi connectivity index (χ0n) is 9.76. The molecule has 1 rings (SSSR count). The van der Waals surface area contributed by atoms with Crippen molar-refractivity contribution in [3.05, 3.63) is 0 Å². The Balaban J connectivity index is 2.51. The monoisotopic (exact) mass is 214 g/mol. The van der Waals surface area contributed by atoms with Gasteiger partial charge in [0.05, 0.1) is 0 Å². The van der Waals surface area contributed by atoms with E-state index in [1.807, 2.05) is 11.8 Å². The van der Waals surface area contributed by atoms with Crippen molar-refractivity contribution >= 4 is 16.9 Å². The fraction of sp³-hybridized carbons (Fsp3) is 0.909. The quantitative estimate of drug-likeness (QED) is 0.781. The zero-order valence-corrected chi connectivity index (χ0v) is 10.6. The Kier molecular flexibility index (Phi) is 4.30.